The van der Waals surface area contributed by atoms with E-state index in [1.165, 1.54) is 4.31 Å². The summed E-state index contributed by atoms with van der Waals surface area (Å²) in [6.45, 7) is 6.78. The van der Waals surface area contributed by atoms with Gasteiger partial charge in [-0.2, -0.15) is 0 Å². The fourth-order valence-electron chi connectivity index (χ4n) is 3.88. The maximum absolute atomic E-state index is 13.3. The monoisotopic (exact) mass is 517 g/mol. The van der Waals surface area contributed by atoms with Crippen LogP contribution in [0.1, 0.15) is 50.7 Å². The molecule has 0 spiro atoms. The molecule has 2 aromatic rings. The van der Waals surface area contributed by atoms with Crippen molar-refractivity contribution in [3.63, 3.8) is 0 Å². The van der Waals surface area contributed by atoms with Crippen LogP contribution in [0.15, 0.2) is 48.5 Å². The quantitative estimate of drug-likeness (QED) is 0.384. The third-order valence-corrected chi connectivity index (χ3v) is 7.14. The highest BCUT2D eigenvalue weighted by atomic mass is 32.2. The standard InChI is InChI=1S/C27H39N3O5S/c1-6-7-17-28-27(32)22(3)29(20-23-11-8-10-21(2)19-23)26(31)12-9-18-30(36(5,33)34)24-13-15-25(35-4)16-14-24/h8,10-11,13-16,19,22H,6-7,9,12,17-18,20H2,1-5H3,(H,28,32). The molecule has 0 heterocycles. The number of anilines is 1. The van der Waals surface area contributed by atoms with Crippen molar-refractivity contribution in [2.45, 2.75) is 59.0 Å². The minimum atomic E-state index is -3.55. The number of hydrogen-bond acceptors (Lipinski definition) is 5. The van der Waals surface area contributed by atoms with Gasteiger partial charge in [0.1, 0.15) is 11.8 Å². The Hall–Kier alpha value is -3.07. The molecule has 0 radical (unpaired) electrons. The summed E-state index contributed by atoms with van der Waals surface area (Å²) in [4.78, 5) is 27.7. The molecule has 2 aromatic carbocycles. The second-order valence-corrected chi connectivity index (χ2v) is 10.9. The second-order valence-electron chi connectivity index (χ2n) is 8.97. The lowest BCUT2D eigenvalue weighted by Crippen LogP contribution is -2.48. The molecule has 2 rings (SSSR count). The first-order valence-electron chi connectivity index (χ1n) is 12.3. The van der Waals surface area contributed by atoms with Crippen LogP contribution in [0, 0.1) is 6.92 Å². The van der Waals surface area contributed by atoms with E-state index in [0.717, 1.165) is 30.2 Å². The van der Waals surface area contributed by atoms with Crippen molar-refractivity contribution in [3.8, 4) is 5.75 Å². The van der Waals surface area contributed by atoms with Crippen LogP contribution in [0.3, 0.4) is 0 Å². The molecule has 0 saturated heterocycles. The van der Waals surface area contributed by atoms with Gasteiger partial charge in [0.15, 0.2) is 0 Å². The van der Waals surface area contributed by atoms with Crippen molar-refractivity contribution in [1.29, 1.82) is 0 Å². The lowest BCUT2D eigenvalue weighted by Gasteiger charge is -2.29. The summed E-state index contributed by atoms with van der Waals surface area (Å²) in [5.41, 5.74) is 2.52. The SMILES string of the molecule is CCCCNC(=O)C(C)N(Cc1cccc(C)c1)C(=O)CCCN(c1ccc(OC)cc1)S(C)(=O)=O. The van der Waals surface area contributed by atoms with E-state index in [-0.39, 0.29) is 24.8 Å². The van der Waals surface area contributed by atoms with Crippen LogP contribution < -0.4 is 14.4 Å². The number of hydrogen-bond donors (Lipinski definition) is 1. The maximum atomic E-state index is 13.3. The van der Waals surface area contributed by atoms with Gasteiger partial charge in [0.2, 0.25) is 21.8 Å². The Morgan fingerprint density at radius 1 is 1.08 bits per heavy atom. The summed E-state index contributed by atoms with van der Waals surface area (Å²) in [5.74, 6) is 0.235. The maximum Gasteiger partial charge on any atom is 0.242 e. The Balaban J connectivity index is 2.14. The average molecular weight is 518 g/mol. The van der Waals surface area contributed by atoms with Crippen molar-refractivity contribution in [1.82, 2.24) is 10.2 Å². The van der Waals surface area contributed by atoms with Gasteiger partial charge in [-0.3, -0.25) is 13.9 Å². The van der Waals surface area contributed by atoms with Crippen LogP contribution in [0.4, 0.5) is 5.69 Å². The molecule has 9 heteroatoms. The molecule has 36 heavy (non-hydrogen) atoms. The van der Waals surface area contributed by atoms with Crippen molar-refractivity contribution in [2.75, 3.05) is 30.8 Å². The highest BCUT2D eigenvalue weighted by Crippen LogP contribution is 2.22. The largest absolute Gasteiger partial charge is 0.497 e. The molecule has 0 aliphatic heterocycles. The summed E-state index contributed by atoms with van der Waals surface area (Å²) in [6.07, 6.45) is 3.40. The lowest BCUT2D eigenvalue weighted by molar-refractivity contribution is -0.140. The predicted molar refractivity (Wildman–Crippen MR) is 144 cm³/mol. The van der Waals surface area contributed by atoms with E-state index in [1.54, 1.807) is 43.2 Å². The zero-order valence-corrected chi connectivity index (χ0v) is 22.8. The minimum absolute atomic E-state index is 0.112. The number of benzene rings is 2. The van der Waals surface area contributed by atoms with Gasteiger partial charge in [0.25, 0.3) is 0 Å². The first-order chi connectivity index (χ1) is 17.1. The van der Waals surface area contributed by atoms with E-state index in [9.17, 15) is 18.0 Å². The molecule has 2 amide bonds. The molecular formula is C27H39N3O5S. The third kappa shape index (κ3) is 8.86. The van der Waals surface area contributed by atoms with Crippen LogP contribution in [-0.2, 0) is 26.2 Å². The molecule has 1 unspecified atom stereocenters. The van der Waals surface area contributed by atoms with Gasteiger partial charge >= 0.3 is 0 Å². The fourth-order valence-corrected chi connectivity index (χ4v) is 4.84. The highest BCUT2D eigenvalue weighted by molar-refractivity contribution is 7.92. The van der Waals surface area contributed by atoms with Gasteiger partial charge in [-0.05, 0) is 56.5 Å². The van der Waals surface area contributed by atoms with Gasteiger partial charge in [0.05, 0.1) is 19.1 Å². The van der Waals surface area contributed by atoms with Crippen LogP contribution >= 0.6 is 0 Å². The van der Waals surface area contributed by atoms with Crippen molar-refractivity contribution in [2.24, 2.45) is 0 Å². The number of methoxy groups -OCH3 is 1. The van der Waals surface area contributed by atoms with Crippen LogP contribution in [0.5, 0.6) is 5.75 Å². The summed E-state index contributed by atoms with van der Waals surface area (Å²) < 4.78 is 31.3. The number of ether oxygens (including phenoxy) is 1. The Bertz CT molecular complexity index is 1100. The number of nitrogens with zero attached hydrogens (tertiary/aromatic N) is 2. The zero-order chi connectivity index (χ0) is 26.7. The summed E-state index contributed by atoms with van der Waals surface area (Å²) >= 11 is 0. The number of sulfonamides is 1. The van der Waals surface area contributed by atoms with Gasteiger partial charge in [-0.25, -0.2) is 8.42 Å². The first-order valence-corrected chi connectivity index (χ1v) is 14.2. The highest BCUT2D eigenvalue weighted by Gasteiger charge is 2.26. The molecule has 198 valence electrons. The molecule has 1 N–H and O–H groups in total. The van der Waals surface area contributed by atoms with Gasteiger partial charge in [-0.1, -0.05) is 43.2 Å². The first kappa shape index (κ1) is 29.2. The topological polar surface area (TPSA) is 96.0 Å². The number of unbranched alkanes of at least 4 members (excludes halogenated alkanes) is 1. The number of carbonyl (C=O) groups is 2. The smallest absolute Gasteiger partial charge is 0.242 e. The number of rotatable bonds is 14. The molecule has 0 saturated carbocycles. The zero-order valence-electron chi connectivity index (χ0n) is 22.0. The van der Waals surface area contributed by atoms with Crippen molar-refractivity contribution < 1.29 is 22.7 Å². The Labute approximate surface area is 215 Å². The van der Waals surface area contributed by atoms with E-state index in [1.807, 2.05) is 31.2 Å². The number of nitrogens with one attached hydrogen (secondary N) is 1. The van der Waals surface area contributed by atoms with E-state index in [4.69, 9.17) is 4.74 Å². The fraction of sp³-hybridized carbons (Fsp3) is 0.481. The molecule has 1 atom stereocenters. The van der Waals surface area contributed by atoms with Gasteiger partial charge in [-0.15, -0.1) is 0 Å². The average Bonchev–Trinajstić information content (AvgIpc) is 2.84. The Morgan fingerprint density at radius 2 is 1.78 bits per heavy atom. The normalized spacial score (nSPS) is 12.0. The number of amides is 2. The summed E-state index contributed by atoms with van der Waals surface area (Å²) in [6, 6.07) is 13.9. The Kier molecular flexibility index (Phi) is 11.2. The second kappa shape index (κ2) is 13.9. The van der Waals surface area contributed by atoms with E-state index in [0.29, 0.717) is 30.9 Å². The molecule has 0 fully saturated rings. The molecule has 0 bridgehead atoms. The van der Waals surface area contributed by atoms with E-state index < -0.39 is 16.1 Å². The summed E-state index contributed by atoms with van der Waals surface area (Å²) in [5, 5.41) is 2.91. The number of aryl methyl sites for hydroxylation is 1. The third-order valence-electron chi connectivity index (χ3n) is 5.94. The van der Waals surface area contributed by atoms with Crippen LogP contribution in [-0.4, -0.2) is 57.6 Å². The van der Waals surface area contributed by atoms with Crippen LogP contribution in [0.2, 0.25) is 0 Å². The lowest BCUT2D eigenvalue weighted by atomic mass is 10.1. The molecular weight excluding hydrogens is 478 g/mol. The van der Waals surface area contributed by atoms with Gasteiger partial charge < -0.3 is 15.0 Å². The number of carbonyl (C=O) groups excluding carboxylic acids is 2. The van der Waals surface area contributed by atoms with E-state index in [2.05, 4.69) is 12.2 Å². The van der Waals surface area contributed by atoms with Crippen molar-refractivity contribution in [3.05, 3.63) is 59.7 Å². The molecule has 0 aliphatic rings. The molecule has 8 nitrogen and oxygen atoms in total. The minimum Gasteiger partial charge on any atom is -0.497 e. The van der Waals surface area contributed by atoms with E-state index >= 15 is 0 Å². The van der Waals surface area contributed by atoms with Crippen molar-refractivity contribution >= 4 is 27.5 Å². The molecule has 0 aliphatic carbocycles. The predicted octanol–water partition coefficient (Wildman–Crippen LogP) is 3.88. The summed E-state index contributed by atoms with van der Waals surface area (Å²) in [7, 11) is -2.00. The molecule has 0 aromatic heterocycles. The van der Waals surface area contributed by atoms with Gasteiger partial charge in [0, 0.05) is 26.1 Å². The van der Waals surface area contributed by atoms with Crippen LogP contribution in [0.25, 0.3) is 0 Å². The Morgan fingerprint density at radius 3 is 2.36 bits per heavy atom.